The van der Waals surface area contributed by atoms with Gasteiger partial charge in [-0.3, -0.25) is 9.59 Å². The van der Waals surface area contributed by atoms with Crippen molar-refractivity contribution in [1.82, 2.24) is 0 Å². The highest BCUT2D eigenvalue weighted by atomic mass is 35.5. The third kappa shape index (κ3) is 2.63. The van der Waals surface area contributed by atoms with E-state index in [1.807, 2.05) is 0 Å². The van der Waals surface area contributed by atoms with Crippen molar-refractivity contribution in [1.29, 1.82) is 0 Å². The van der Waals surface area contributed by atoms with Crippen molar-refractivity contribution in [3.63, 3.8) is 0 Å². The maximum atomic E-state index is 12.3. The van der Waals surface area contributed by atoms with Crippen molar-refractivity contribution in [3.05, 3.63) is 52.5 Å². The van der Waals surface area contributed by atoms with Crippen molar-refractivity contribution in [2.75, 3.05) is 12.1 Å². The first-order valence-corrected chi connectivity index (χ1v) is 6.94. The van der Waals surface area contributed by atoms with Crippen molar-refractivity contribution in [2.45, 2.75) is 6.92 Å². The molecular formula is C16H12ClNO4. The normalized spacial score (nSPS) is 12.1. The van der Waals surface area contributed by atoms with Crippen LogP contribution >= 0.6 is 11.6 Å². The number of ether oxygens (including phenoxy) is 2. The second kappa shape index (κ2) is 5.69. The van der Waals surface area contributed by atoms with Crippen LogP contribution in [-0.4, -0.2) is 18.5 Å². The number of ketones is 1. The molecule has 0 saturated carbocycles. The lowest BCUT2D eigenvalue weighted by Crippen LogP contribution is -2.14. The van der Waals surface area contributed by atoms with Crippen LogP contribution in [0.15, 0.2) is 36.4 Å². The first-order valence-electron chi connectivity index (χ1n) is 6.56. The van der Waals surface area contributed by atoms with Gasteiger partial charge in [0.2, 0.25) is 6.79 Å². The Balaban J connectivity index is 1.97. The van der Waals surface area contributed by atoms with E-state index < -0.39 is 5.91 Å². The lowest BCUT2D eigenvalue weighted by molar-refractivity contribution is 0.101. The number of anilines is 1. The van der Waals surface area contributed by atoms with Gasteiger partial charge in [-0.2, -0.15) is 0 Å². The van der Waals surface area contributed by atoms with E-state index in [4.69, 9.17) is 21.1 Å². The fourth-order valence-electron chi connectivity index (χ4n) is 2.17. The predicted molar refractivity (Wildman–Crippen MR) is 82.0 cm³/mol. The van der Waals surface area contributed by atoms with E-state index >= 15 is 0 Å². The molecule has 0 unspecified atom stereocenters. The summed E-state index contributed by atoms with van der Waals surface area (Å²) < 4.78 is 10.5. The maximum Gasteiger partial charge on any atom is 0.257 e. The Bertz CT molecular complexity index is 773. The Hall–Kier alpha value is -2.53. The molecule has 22 heavy (non-hydrogen) atoms. The summed E-state index contributed by atoms with van der Waals surface area (Å²) in [6.07, 6.45) is 0. The summed E-state index contributed by atoms with van der Waals surface area (Å²) in [5.74, 6) is 0.389. The molecule has 6 heteroatoms. The molecule has 1 heterocycles. The number of rotatable bonds is 3. The van der Waals surface area contributed by atoms with Gasteiger partial charge in [0.15, 0.2) is 17.3 Å². The molecule has 0 bridgehead atoms. The number of amides is 1. The average Bonchev–Trinajstić information content (AvgIpc) is 2.93. The molecule has 1 amide bonds. The fourth-order valence-corrected chi connectivity index (χ4v) is 2.39. The highest BCUT2D eigenvalue weighted by Gasteiger charge is 2.21. The Labute approximate surface area is 131 Å². The molecule has 1 N–H and O–H groups in total. The molecule has 0 saturated heterocycles. The largest absolute Gasteiger partial charge is 0.454 e. The number of nitrogens with one attached hydrogen (secondary N) is 1. The number of carbonyl (C=O) groups excluding carboxylic acids is 2. The van der Waals surface area contributed by atoms with Crippen molar-refractivity contribution < 1.29 is 19.1 Å². The monoisotopic (exact) mass is 317 g/mol. The van der Waals surface area contributed by atoms with Crippen LogP contribution in [0.25, 0.3) is 0 Å². The van der Waals surface area contributed by atoms with Gasteiger partial charge in [0.25, 0.3) is 5.91 Å². The van der Waals surface area contributed by atoms with E-state index in [1.54, 1.807) is 36.4 Å². The highest BCUT2D eigenvalue weighted by Crippen LogP contribution is 2.37. The minimum Gasteiger partial charge on any atom is -0.454 e. The molecule has 0 aliphatic carbocycles. The summed E-state index contributed by atoms with van der Waals surface area (Å²) >= 11 is 6.01. The second-order valence-corrected chi connectivity index (χ2v) is 5.15. The summed E-state index contributed by atoms with van der Waals surface area (Å²) in [5, 5.41) is 3.04. The zero-order valence-corrected chi connectivity index (χ0v) is 12.4. The van der Waals surface area contributed by atoms with Gasteiger partial charge in [0.05, 0.1) is 16.3 Å². The molecule has 3 rings (SSSR count). The smallest absolute Gasteiger partial charge is 0.257 e. The molecule has 0 aromatic heterocycles. The van der Waals surface area contributed by atoms with Crippen LogP contribution in [0.4, 0.5) is 5.69 Å². The molecule has 5 nitrogen and oxygen atoms in total. The molecule has 2 aromatic rings. The van der Waals surface area contributed by atoms with Crippen LogP contribution in [-0.2, 0) is 0 Å². The van der Waals surface area contributed by atoms with E-state index in [2.05, 4.69) is 5.32 Å². The summed E-state index contributed by atoms with van der Waals surface area (Å²) in [6, 6.07) is 9.83. The van der Waals surface area contributed by atoms with E-state index in [0.717, 1.165) is 0 Å². The zero-order valence-electron chi connectivity index (χ0n) is 11.7. The second-order valence-electron chi connectivity index (χ2n) is 4.74. The molecule has 0 spiro atoms. The quantitative estimate of drug-likeness (QED) is 0.880. The van der Waals surface area contributed by atoms with Crippen LogP contribution < -0.4 is 14.8 Å². The van der Waals surface area contributed by atoms with Gasteiger partial charge in [-0.25, -0.2) is 0 Å². The van der Waals surface area contributed by atoms with Crippen LogP contribution in [0.1, 0.15) is 27.6 Å². The van der Waals surface area contributed by atoms with Gasteiger partial charge >= 0.3 is 0 Å². The van der Waals surface area contributed by atoms with Gasteiger partial charge in [0.1, 0.15) is 0 Å². The molecule has 2 aromatic carbocycles. The van der Waals surface area contributed by atoms with Crippen LogP contribution in [0.5, 0.6) is 11.5 Å². The minimum atomic E-state index is -0.396. The van der Waals surface area contributed by atoms with Gasteiger partial charge in [0, 0.05) is 11.6 Å². The summed E-state index contributed by atoms with van der Waals surface area (Å²) in [7, 11) is 0. The Morgan fingerprint density at radius 2 is 1.77 bits per heavy atom. The van der Waals surface area contributed by atoms with E-state index in [-0.39, 0.29) is 12.6 Å². The van der Waals surface area contributed by atoms with Crippen LogP contribution in [0.2, 0.25) is 5.02 Å². The summed E-state index contributed by atoms with van der Waals surface area (Å²) in [5.41, 5.74) is 1.04. The average molecular weight is 318 g/mol. The van der Waals surface area contributed by atoms with E-state index in [1.165, 1.54) is 6.92 Å². The number of Topliss-reactive ketones (excluding diaryl/α,β-unsaturated/α-hetero) is 1. The van der Waals surface area contributed by atoms with Crippen molar-refractivity contribution in [3.8, 4) is 11.5 Å². The summed E-state index contributed by atoms with van der Waals surface area (Å²) in [4.78, 5) is 24.1. The van der Waals surface area contributed by atoms with Gasteiger partial charge < -0.3 is 14.8 Å². The van der Waals surface area contributed by atoms with Crippen molar-refractivity contribution >= 4 is 29.0 Å². The van der Waals surface area contributed by atoms with Crippen molar-refractivity contribution in [2.24, 2.45) is 0 Å². The predicted octanol–water partition coefficient (Wildman–Crippen LogP) is 3.52. The van der Waals surface area contributed by atoms with E-state index in [0.29, 0.717) is 33.3 Å². The highest BCUT2D eigenvalue weighted by molar-refractivity contribution is 6.34. The number of hydrogen-bond donors (Lipinski definition) is 1. The Morgan fingerprint density at radius 3 is 2.45 bits per heavy atom. The zero-order chi connectivity index (χ0) is 15.7. The fraction of sp³-hybridized carbons (Fsp3) is 0.125. The molecular weight excluding hydrogens is 306 g/mol. The molecule has 0 radical (unpaired) electrons. The molecule has 1 aliphatic rings. The summed E-state index contributed by atoms with van der Waals surface area (Å²) in [6.45, 7) is 1.51. The first kappa shape index (κ1) is 14.4. The van der Waals surface area contributed by atoms with Gasteiger partial charge in [-0.15, -0.1) is 0 Å². The number of fused-ring (bicyclic) bond motifs is 1. The number of benzene rings is 2. The lowest BCUT2D eigenvalue weighted by Gasteiger charge is -2.11. The molecule has 0 fully saturated rings. The molecule has 1 aliphatic heterocycles. The topological polar surface area (TPSA) is 64.6 Å². The third-order valence-corrected chi connectivity index (χ3v) is 3.59. The first-order chi connectivity index (χ1) is 10.6. The van der Waals surface area contributed by atoms with Crippen LogP contribution in [0, 0.1) is 0 Å². The number of halogens is 1. The minimum absolute atomic E-state index is 0.0919. The Morgan fingerprint density at radius 1 is 1.09 bits per heavy atom. The molecule has 112 valence electrons. The van der Waals surface area contributed by atoms with E-state index in [9.17, 15) is 9.59 Å². The van der Waals surface area contributed by atoms with Crippen LogP contribution in [0.3, 0.4) is 0 Å². The third-order valence-electron chi connectivity index (χ3n) is 3.26. The standard InChI is InChI=1S/C16H12ClNO4/c1-9(19)11-6-14-15(22-8-21-14)7-13(11)18-16(20)10-4-2-3-5-12(10)17/h2-7H,8H2,1H3,(H,18,20). The Kier molecular flexibility index (Phi) is 3.73. The molecule has 0 atom stereocenters. The van der Waals surface area contributed by atoms with Gasteiger partial charge in [-0.1, -0.05) is 23.7 Å². The maximum absolute atomic E-state index is 12.3. The lowest BCUT2D eigenvalue weighted by atomic mass is 10.1. The number of carbonyl (C=O) groups is 2. The van der Waals surface area contributed by atoms with Gasteiger partial charge in [-0.05, 0) is 25.1 Å². The number of hydrogen-bond acceptors (Lipinski definition) is 4. The SMILES string of the molecule is CC(=O)c1cc2c(cc1NC(=O)c1ccccc1Cl)OCO2.